The Morgan fingerprint density at radius 1 is 0.443 bits per heavy atom. The van der Waals surface area contributed by atoms with Crippen LogP contribution in [0.15, 0.2) is 170 Å². The van der Waals surface area contributed by atoms with Crippen LogP contribution in [-0.4, -0.2) is 15.0 Å². The SMILES string of the molecule is N#Cc1ccc(-c2ccc(C34CC5CC(C3)CC(c3ccc(-c6ccc7c(c6)sc6ccc(-c8nc(-c9ccccc9)nc(-c9ccccc9)n8)cc67)cc3)(C5)C4)cc2)cc1. The predicted octanol–water partition coefficient (Wildman–Crippen LogP) is 14.2. The van der Waals surface area contributed by atoms with Crippen molar-refractivity contribution in [3.8, 4) is 62.5 Å². The molecule has 4 fully saturated rings. The number of rotatable bonds is 7. The summed E-state index contributed by atoms with van der Waals surface area (Å²) in [5.74, 6) is 3.59. The van der Waals surface area contributed by atoms with E-state index < -0.39 is 0 Å². The Bertz CT molecular complexity index is 3070. The monoisotopic (exact) mass is 802 g/mol. The molecule has 0 radical (unpaired) electrons. The fourth-order valence-corrected chi connectivity index (χ4v) is 12.9. The Morgan fingerprint density at radius 2 is 0.918 bits per heavy atom. The fourth-order valence-electron chi connectivity index (χ4n) is 11.7. The topological polar surface area (TPSA) is 62.5 Å². The van der Waals surface area contributed by atoms with Crippen LogP contribution in [0.25, 0.3) is 76.6 Å². The molecular formula is C56H42N4S. The van der Waals surface area contributed by atoms with Gasteiger partial charge in [-0.15, -0.1) is 11.3 Å². The largest absolute Gasteiger partial charge is 0.208 e. The molecule has 9 aromatic rings. The summed E-state index contributed by atoms with van der Waals surface area (Å²) in [4.78, 5) is 14.9. The van der Waals surface area contributed by atoms with Crippen molar-refractivity contribution in [1.29, 1.82) is 5.26 Å². The maximum absolute atomic E-state index is 9.25. The average Bonchev–Trinajstić information content (AvgIpc) is 3.69. The molecule has 4 nitrogen and oxygen atoms in total. The Kier molecular flexibility index (Phi) is 8.40. The number of benzene rings is 7. The van der Waals surface area contributed by atoms with Crippen LogP contribution in [-0.2, 0) is 10.8 Å². The maximum atomic E-state index is 9.25. The molecule has 0 saturated heterocycles. The highest BCUT2D eigenvalue weighted by atomic mass is 32.1. The summed E-state index contributed by atoms with van der Waals surface area (Å²) in [7, 11) is 0. The lowest BCUT2D eigenvalue weighted by molar-refractivity contribution is -0.0281. The normalized spacial score (nSPS) is 21.5. The van der Waals surface area contributed by atoms with Crippen molar-refractivity contribution in [3.05, 3.63) is 187 Å². The highest BCUT2D eigenvalue weighted by Crippen LogP contribution is 2.66. The van der Waals surface area contributed by atoms with Gasteiger partial charge in [0.05, 0.1) is 11.6 Å². The van der Waals surface area contributed by atoms with Crippen LogP contribution in [0.4, 0.5) is 0 Å². The van der Waals surface area contributed by atoms with Gasteiger partial charge in [-0.25, -0.2) is 15.0 Å². The number of nitriles is 1. The van der Waals surface area contributed by atoms with Crippen LogP contribution in [0.5, 0.6) is 0 Å². The molecular weight excluding hydrogens is 761 g/mol. The van der Waals surface area contributed by atoms with Crippen LogP contribution in [0, 0.1) is 23.2 Å². The van der Waals surface area contributed by atoms with Gasteiger partial charge in [0.1, 0.15) is 0 Å². The van der Waals surface area contributed by atoms with E-state index in [1.54, 1.807) is 0 Å². The second-order valence-corrected chi connectivity index (χ2v) is 19.0. The van der Waals surface area contributed by atoms with E-state index in [0.29, 0.717) is 23.0 Å². The van der Waals surface area contributed by atoms with Crippen molar-refractivity contribution in [2.45, 2.75) is 49.4 Å². The van der Waals surface area contributed by atoms with Gasteiger partial charge in [0, 0.05) is 36.9 Å². The molecule has 2 unspecified atom stereocenters. The van der Waals surface area contributed by atoms with Gasteiger partial charge >= 0.3 is 0 Å². The quantitative estimate of drug-likeness (QED) is 0.161. The molecule has 2 heterocycles. The first kappa shape index (κ1) is 36.1. The number of thiophene rings is 1. The molecule has 2 aromatic heterocycles. The van der Waals surface area contributed by atoms with Crippen molar-refractivity contribution in [3.63, 3.8) is 0 Å². The van der Waals surface area contributed by atoms with Crippen LogP contribution < -0.4 is 0 Å². The summed E-state index contributed by atoms with van der Waals surface area (Å²) in [6.07, 6.45) is 7.89. The first-order valence-corrected chi connectivity index (χ1v) is 22.4. The standard InChI is InChI=1S/C56H42N4S/c57-34-36-11-13-39(14-12-36)40-15-21-46(22-16-40)55-30-37-27-38(31-55)33-56(32-37,35-55)47-23-17-41(18-24-47)44-19-25-48-49-28-45(20-26-50(49)61-51(48)29-44)54-59-52(42-7-3-1-4-8-42)58-53(60-54)43-9-5-2-6-10-43/h1-26,28-29,37-38H,27,30-33,35H2. The molecule has 2 atom stereocenters. The van der Waals surface area contributed by atoms with E-state index in [4.69, 9.17) is 15.0 Å². The zero-order chi connectivity index (χ0) is 40.5. The lowest BCUT2D eigenvalue weighted by Gasteiger charge is -2.63. The molecule has 4 aliphatic rings. The Labute approximate surface area is 360 Å². The summed E-state index contributed by atoms with van der Waals surface area (Å²) in [6, 6.07) is 63.3. The van der Waals surface area contributed by atoms with E-state index in [1.807, 2.05) is 59.9 Å². The van der Waals surface area contributed by atoms with E-state index in [9.17, 15) is 5.26 Å². The number of aromatic nitrogens is 3. The first-order valence-electron chi connectivity index (χ1n) is 21.6. The predicted molar refractivity (Wildman–Crippen MR) is 249 cm³/mol. The van der Waals surface area contributed by atoms with E-state index >= 15 is 0 Å². The molecule has 292 valence electrons. The van der Waals surface area contributed by atoms with Crippen LogP contribution in [0.1, 0.15) is 55.2 Å². The third-order valence-electron chi connectivity index (χ3n) is 14.2. The second kappa shape index (κ2) is 14.2. The van der Waals surface area contributed by atoms with Crippen molar-refractivity contribution in [2.75, 3.05) is 0 Å². The number of hydrogen-bond acceptors (Lipinski definition) is 5. The third-order valence-corrected chi connectivity index (χ3v) is 15.3. The van der Waals surface area contributed by atoms with Gasteiger partial charge in [-0.2, -0.15) is 5.26 Å². The number of hydrogen-bond donors (Lipinski definition) is 0. The van der Waals surface area contributed by atoms with Gasteiger partial charge in [0.2, 0.25) is 0 Å². The van der Waals surface area contributed by atoms with Gasteiger partial charge in [0.15, 0.2) is 17.5 Å². The smallest absolute Gasteiger partial charge is 0.164 e. The van der Waals surface area contributed by atoms with Crippen molar-refractivity contribution < 1.29 is 0 Å². The Balaban J connectivity index is 0.834. The number of fused-ring (bicyclic) bond motifs is 3. The molecule has 0 spiro atoms. The zero-order valence-corrected chi connectivity index (χ0v) is 34.6. The third kappa shape index (κ3) is 6.28. The molecule has 7 aromatic carbocycles. The molecule has 0 N–H and O–H groups in total. The maximum Gasteiger partial charge on any atom is 0.164 e. The van der Waals surface area contributed by atoms with Crippen molar-refractivity contribution in [1.82, 2.24) is 15.0 Å². The average molecular weight is 803 g/mol. The van der Waals surface area contributed by atoms with E-state index in [-0.39, 0.29) is 10.8 Å². The highest BCUT2D eigenvalue weighted by molar-refractivity contribution is 7.25. The molecule has 13 rings (SSSR count). The molecule has 0 aliphatic heterocycles. The van der Waals surface area contributed by atoms with Crippen molar-refractivity contribution >= 4 is 31.5 Å². The second-order valence-electron chi connectivity index (χ2n) is 17.9. The molecule has 4 bridgehead atoms. The summed E-state index contributed by atoms with van der Waals surface area (Å²) in [5.41, 5.74) is 12.1. The van der Waals surface area contributed by atoms with Gasteiger partial charge < -0.3 is 0 Å². The number of nitrogens with zero attached hydrogens (tertiary/aromatic N) is 4. The highest BCUT2D eigenvalue weighted by Gasteiger charge is 2.58. The minimum Gasteiger partial charge on any atom is -0.208 e. The lowest BCUT2D eigenvalue weighted by Crippen LogP contribution is -2.55. The molecule has 61 heavy (non-hydrogen) atoms. The summed E-state index contributed by atoms with van der Waals surface area (Å²) < 4.78 is 2.54. The fraction of sp³-hybridized carbons (Fsp3) is 0.179. The van der Waals surface area contributed by atoms with Gasteiger partial charge in [-0.1, -0.05) is 133 Å². The summed E-state index contributed by atoms with van der Waals surface area (Å²) in [5, 5.41) is 11.7. The van der Waals surface area contributed by atoms with E-state index in [2.05, 4.69) is 127 Å². The Morgan fingerprint density at radius 3 is 1.46 bits per heavy atom. The molecule has 4 saturated carbocycles. The van der Waals surface area contributed by atoms with Gasteiger partial charge in [-0.05, 0) is 131 Å². The minimum absolute atomic E-state index is 0.240. The van der Waals surface area contributed by atoms with E-state index in [1.165, 1.54) is 92.1 Å². The molecule has 0 amide bonds. The van der Waals surface area contributed by atoms with E-state index in [0.717, 1.165) is 28.5 Å². The Hall–Kier alpha value is -6.74. The van der Waals surface area contributed by atoms with Crippen molar-refractivity contribution in [2.24, 2.45) is 11.8 Å². The van der Waals surface area contributed by atoms with Gasteiger partial charge in [0.25, 0.3) is 0 Å². The molecule has 4 aliphatic carbocycles. The minimum atomic E-state index is 0.240. The lowest BCUT2D eigenvalue weighted by atomic mass is 9.41. The molecule has 5 heteroatoms. The summed E-state index contributed by atoms with van der Waals surface area (Å²) >= 11 is 1.85. The van der Waals surface area contributed by atoms with Crippen LogP contribution >= 0.6 is 11.3 Å². The first-order chi connectivity index (χ1) is 30.0. The zero-order valence-electron chi connectivity index (χ0n) is 33.8. The van der Waals surface area contributed by atoms with Gasteiger partial charge in [-0.3, -0.25) is 0 Å². The summed E-state index contributed by atoms with van der Waals surface area (Å²) in [6.45, 7) is 0. The van der Waals surface area contributed by atoms with Crippen LogP contribution in [0.2, 0.25) is 0 Å². The van der Waals surface area contributed by atoms with Crippen LogP contribution in [0.3, 0.4) is 0 Å².